The van der Waals surface area contributed by atoms with Gasteiger partial charge in [-0.05, 0) is 19.1 Å². The number of benzene rings is 1. The van der Waals surface area contributed by atoms with E-state index in [1.807, 2.05) is 0 Å². The van der Waals surface area contributed by atoms with Crippen LogP contribution >= 0.6 is 0 Å². The number of amides is 2. The molecule has 1 aromatic rings. The normalized spacial score (nSPS) is 13.0. The van der Waals surface area contributed by atoms with Crippen molar-refractivity contribution in [3.63, 3.8) is 0 Å². The number of carboxylic acids is 1. The van der Waals surface area contributed by atoms with Gasteiger partial charge < -0.3 is 20.5 Å². The van der Waals surface area contributed by atoms with Crippen molar-refractivity contribution in [1.29, 1.82) is 0 Å². The molecule has 0 saturated carbocycles. The highest BCUT2D eigenvalue weighted by atomic mass is 16.5. The Hall–Kier alpha value is -2.41. The fourth-order valence-electron chi connectivity index (χ4n) is 2.02. The summed E-state index contributed by atoms with van der Waals surface area (Å²) >= 11 is 0. The van der Waals surface area contributed by atoms with Crippen LogP contribution in [-0.2, 0) is 14.3 Å². The average molecular weight is 308 g/mol. The van der Waals surface area contributed by atoms with Crippen LogP contribution in [0.2, 0.25) is 0 Å². The van der Waals surface area contributed by atoms with Gasteiger partial charge in [0.25, 0.3) is 5.91 Å². The van der Waals surface area contributed by atoms with Crippen LogP contribution in [-0.4, -0.2) is 48.7 Å². The van der Waals surface area contributed by atoms with E-state index in [4.69, 9.17) is 9.84 Å². The maximum atomic E-state index is 11.9. The molecule has 0 fully saturated rings. The molecule has 1 rings (SSSR count). The van der Waals surface area contributed by atoms with E-state index in [9.17, 15) is 14.4 Å². The first-order valence-electron chi connectivity index (χ1n) is 6.71. The smallest absolute Gasteiger partial charge is 0.305 e. The third-order valence-electron chi connectivity index (χ3n) is 2.89. The van der Waals surface area contributed by atoms with E-state index in [2.05, 4.69) is 10.6 Å². The van der Waals surface area contributed by atoms with E-state index >= 15 is 0 Å². The van der Waals surface area contributed by atoms with Crippen LogP contribution in [0.15, 0.2) is 30.3 Å². The Morgan fingerprint density at radius 2 is 1.86 bits per heavy atom. The standard InChI is InChI=1S/C15H20N2O5/c1-15(10-22-2,8-13(19)20)17-12(18)9-16-14(21)11-6-4-3-5-7-11/h3-7H,8-10H2,1-2H3,(H,16,21)(H,17,18)(H,19,20). The molecule has 0 aliphatic rings. The Balaban J connectivity index is 2.54. The van der Waals surface area contributed by atoms with Gasteiger partial charge in [-0.3, -0.25) is 14.4 Å². The minimum atomic E-state index is -1.05. The highest BCUT2D eigenvalue weighted by Gasteiger charge is 2.29. The Morgan fingerprint density at radius 1 is 1.23 bits per heavy atom. The second kappa shape index (κ2) is 8.14. The van der Waals surface area contributed by atoms with Crippen LogP contribution in [0.3, 0.4) is 0 Å². The van der Waals surface area contributed by atoms with Crippen molar-refractivity contribution in [2.24, 2.45) is 0 Å². The Morgan fingerprint density at radius 3 is 2.41 bits per heavy atom. The summed E-state index contributed by atoms with van der Waals surface area (Å²) in [4.78, 5) is 34.5. The van der Waals surface area contributed by atoms with Crippen LogP contribution < -0.4 is 10.6 Å². The van der Waals surface area contributed by atoms with Gasteiger partial charge in [-0.2, -0.15) is 0 Å². The predicted molar refractivity (Wildman–Crippen MR) is 79.5 cm³/mol. The van der Waals surface area contributed by atoms with Crippen LogP contribution in [0, 0.1) is 0 Å². The summed E-state index contributed by atoms with van der Waals surface area (Å²) in [5.41, 5.74) is -0.588. The van der Waals surface area contributed by atoms with Crippen LogP contribution in [0.1, 0.15) is 23.7 Å². The van der Waals surface area contributed by atoms with Gasteiger partial charge in [0.1, 0.15) is 0 Å². The monoisotopic (exact) mass is 308 g/mol. The number of aliphatic carboxylic acids is 1. The molecular weight excluding hydrogens is 288 g/mol. The summed E-state index contributed by atoms with van der Waals surface area (Å²) in [6.45, 7) is 1.38. The number of carboxylic acid groups (broad SMARTS) is 1. The zero-order valence-corrected chi connectivity index (χ0v) is 12.6. The van der Waals surface area contributed by atoms with Crippen molar-refractivity contribution in [2.45, 2.75) is 18.9 Å². The summed E-state index contributed by atoms with van der Waals surface area (Å²) in [6, 6.07) is 8.49. The molecule has 2 amide bonds. The summed E-state index contributed by atoms with van der Waals surface area (Å²) in [5.74, 6) is -1.90. The van der Waals surface area contributed by atoms with Gasteiger partial charge in [-0.1, -0.05) is 18.2 Å². The Labute approximate surface area is 128 Å². The van der Waals surface area contributed by atoms with Crippen LogP contribution in [0.5, 0.6) is 0 Å². The number of hydrogen-bond donors (Lipinski definition) is 3. The largest absolute Gasteiger partial charge is 0.481 e. The molecule has 1 aromatic carbocycles. The first-order valence-corrected chi connectivity index (χ1v) is 6.71. The first-order chi connectivity index (χ1) is 10.4. The molecule has 3 N–H and O–H groups in total. The van der Waals surface area contributed by atoms with E-state index in [-0.39, 0.29) is 25.5 Å². The quantitative estimate of drug-likeness (QED) is 0.645. The molecule has 1 atom stereocenters. The number of carbonyl (C=O) groups is 3. The number of rotatable bonds is 8. The molecule has 0 radical (unpaired) electrons. The fourth-order valence-corrected chi connectivity index (χ4v) is 2.02. The molecule has 0 aliphatic heterocycles. The summed E-state index contributed by atoms with van der Waals surface area (Å²) in [7, 11) is 1.42. The van der Waals surface area contributed by atoms with Gasteiger partial charge in [0.2, 0.25) is 5.91 Å². The Kier molecular flexibility index (Phi) is 6.52. The van der Waals surface area contributed by atoms with Gasteiger partial charge in [0.15, 0.2) is 0 Å². The van der Waals surface area contributed by atoms with Crippen LogP contribution in [0.4, 0.5) is 0 Å². The van der Waals surface area contributed by atoms with Gasteiger partial charge in [0.05, 0.1) is 25.1 Å². The molecule has 120 valence electrons. The number of methoxy groups -OCH3 is 1. The second-order valence-electron chi connectivity index (χ2n) is 5.16. The van der Waals surface area contributed by atoms with Crippen molar-refractivity contribution < 1.29 is 24.2 Å². The highest BCUT2D eigenvalue weighted by Crippen LogP contribution is 2.10. The SMILES string of the molecule is COCC(C)(CC(=O)O)NC(=O)CNC(=O)c1ccccc1. The average Bonchev–Trinajstić information content (AvgIpc) is 2.44. The summed E-state index contributed by atoms with van der Waals surface area (Å²) in [6.07, 6.45) is -0.279. The maximum absolute atomic E-state index is 11.9. The minimum Gasteiger partial charge on any atom is -0.481 e. The highest BCUT2D eigenvalue weighted by molar-refractivity contribution is 5.96. The maximum Gasteiger partial charge on any atom is 0.305 e. The number of carbonyl (C=O) groups excluding carboxylic acids is 2. The van der Waals surface area contributed by atoms with E-state index in [0.29, 0.717) is 5.56 Å². The summed E-state index contributed by atoms with van der Waals surface area (Å²) in [5, 5.41) is 13.9. The molecule has 0 aliphatic carbocycles. The Bertz CT molecular complexity index is 532. The second-order valence-corrected chi connectivity index (χ2v) is 5.16. The van der Waals surface area contributed by atoms with Crippen molar-refractivity contribution in [1.82, 2.24) is 10.6 Å². The van der Waals surface area contributed by atoms with E-state index in [1.54, 1.807) is 37.3 Å². The minimum absolute atomic E-state index is 0.0532. The molecule has 0 bridgehead atoms. The molecule has 7 heteroatoms. The summed E-state index contributed by atoms with van der Waals surface area (Å²) < 4.78 is 4.94. The number of hydrogen-bond acceptors (Lipinski definition) is 4. The molecular formula is C15H20N2O5. The van der Waals surface area contributed by atoms with Crippen molar-refractivity contribution in [3.8, 4) is 0 Å². The van der Waals surface area contributed by atoms with E-state index in [0.717, 1.165) is 0 Å². The zero-order valence-electron chi connectivity index (χ0n) is 12.6. The lowest BCUT2D eigenvalue weighted by molar-refractivity contribution is -0.139. The van der Waals surface area contributed by atoms with Crippen LogP contribution in [0.25, 0.3) is 0 Å². The van der Waals surface area contributed by atoms with Crippen molar-refractivity contribution in [3.05, 3.63) is 35.9 Å². The topological polar surface area (TPSA) is 105 Å². The third kappa shape index (κ3) is 5.92. The van der Waals surface area contributed by atoms with Gasteiger partial charge in [-0.25, -0.2) is 0 Å². The molecule has 22 heavy (non-hydrogen) atoms. The zero-order chi connectivity index (χ0) is 16.6. The lowest BCUT2D eigenvalue weighted by Crippen LogP contribution is -2.53. The van der Waals surface area contributed by atoms with Gasteiger partial charge in [0, 0.05) is 12.7 Å². The predicted octanol–water partition coefficient (Wildman–Crippen LogP) is 0.412. The van der Waals surface area contributed by atoms with E-state index in [1.165, 1.54) is 7.11 Å². The lowest BCUT2D eigenvalue weighted by atomic mass is 9.99. The van der Waals surface area contributed by atoms with Gasteiger partial charge >= 0.3 is 5.97 Å². The molecule has 1 unspecified atom stereocenters. The molecule has 0 heterocycles. The molecule has 0 aromatic heterocycles. The number of nitrogens with one attached hydrogen (secondary N) is 2. The van der Waals surface area contributed by atoms with Crippen molar-refractivity contribution in [2.75, 3.05) is 20.3 Å². The number of ether oxygens (including phenoxy) is 1. The lowest BCUT2D eigenvalue weighted by Gasteiger charge is -2.28. The fraction of sp³-hybridized carbons (Fsp3) is 0.400. The van der Waals surface area contributed by atoms with Gasteiger partial charge in [-0.15, -0.1) is 0 Å². The molecule has 0 spiro atoms. The molecule has 0 saturated heterocycles. The van der Waals surface area contributed by atoms with Crippen molar-refractivity contribution >= 4 is 17.8 Å². The van der Waals surface area contributed by atoms with E-state index < -0.39 is 17.4 Å². The first kappa shape index (κ1) is 17.6. The third-order valence-corrected chi connectivity index (χ3v) is 2.89. The molecule has 7 nitrogen and oxygen atoms in total.